The lowest BCUT2D eigenvalue weighted by atomic mass is 10.2. The molecule has 3 aromatic rings. The lowest BCUT2D eigenvalue weighted by Gasteiger charge is -2.36. The molecule has 2 aliphatic rings. The number of benzene rings is 2. The minimum atomic E-state index is -0.518. The van der Waals surface area contributed by atoms with E-state index in [2.05, 4.69) is 9.88 Å². The maximum atomic E-state index is 13.1. The number of oxazole rings is 1. The number of nitrogens with zero attached hydrogens (tertiary/aromatic N) is 3. The number of hydrogen-bond donors (Lipinski definition) is 0. The first kappa shape index (κ1) is 22.1. The van der Waals surface area contributed by atoms with Crippen LogP contribution in [0.3, 0.4) is 0 Å². The molecule has 2 fully saturated rings. The van der Waals surface area contributed by atoms with Crippen LogP contribution < -0.4 is 4.90 Å². The van der Waals surface area contributed by atoms with Crippen molar-refractivity contribution in [2.24, 2.45) is 0 Å². The Labute approximate surface area is 201 Å². The molecule has 1 aromatic heterocycles. The van der Waals surface area contributed by atoms with Gasteiger partial charge in [0.1, 0.15) is 15.1 Å². The molecule has 0 spiro atoms. The molecule has 5 rings (SSSR count). The molecule has 0 radical (unpaired) electrons. The lowest BCUT2D eigenvalue weighted by Crippen LogP contribution is -2.47. The Balaban J connectivity index is 1.29. The number of thiocarbonyl (C=S) groups is 1. The van der Waals surface area contributed by atoms with E-state index < -0.39 is 5.25 Å². The molecular formula is C24H23N3O4S2. The van der Waals surface area contributed by atoms with Crippen molar-refractivity contribution in [1.82, 2.24) is 9.88 Å². The first-order chi connectivity index (χ1) is 15.9. The number of carbonyl (C=O) groups excluding carboxylic acids is 2. The van der Waals surface area contributed by atoms with E-state index in [4.69, 9.17) is 21.4 Å². The second-order valence-electron chi connectivity index (χ2n) is 8.34. The molecule has 0 unspecified atom stereocenters. The quantitative estimate of drug-likeness (QED) is 0.406. The van der Waals surface area contributed by atoms with Gasteiger partial charge in [-0.1, -0.05) is 36.1 Å². The molecule has 9 heteroatoms. The third kappa shape index (κ3) is 4.40. The zero-order valence-corrected chi connectivity index (χ0v) is 19.9. The molecular weight excluding hydrogens is 458 g/mol. The Hall–Kier alpha value is -2.75. The molecule has 3 atom stereocenters. The van der Waals surface area contributed by atoms with E-state index >= 15 is 0 Å². The molecule has 0 bridgehead atoms. The van der Waals surface area contributed by atoms with Crippen molar-refractivity contribution >= 4 is 56.9 Å². The smallest absolute Gasteiger partial charge is 0.247 e. The number of anilines is 1. The number of para-hydroxylation sites is 2. The zero-order chi connectivity index (χ0) is 23.1. The van der Waals surface area contributed by atoms with Gasteiger partial charge in [-0.25, -0.2) is 9.88 Å². The largest absolute Gasteiger partial charge is 0.436 e. The monoisotopic (exact) mass is 481 g/mol. The summed E-state index contributed by atoms with van der Waals surface area (Å²) in [6.45, 7) is 5.39. The van der Waals surface area contributed by atoms with E-state index in [1.165, 1.54) is 16.7 Å². The van der Waals surface area contributed by atoms with E-state index in [1.807, 2.05) is 50.2 Å². The van der Waals surface area contributed by atoms with Crippen LogP contribution in [0.2, 0.25) is 0 Å². The van der Waals surface area contributed by atoms with Crippen LogP contribution in [0.5, 0.6) is 0 Å². The fourth-order valence-corrected chi connectivity index (χ4v) is 5.71. The van der Waals surface area contributed by atoms with Gasteiger partial charge in [0, 0.05) is 25.1 Å². The zero-order valence-electron chi connectivity index (χ0n) is 18.3. The van der Waals surface area contributed by atoms with Crippen molar-refractivity contribution in [1.29, 1.82) is 0 Å². The van der Waals surface area contributed by atoms with Gasteiger partial charge in [0.25, 0.3) is 0 Å². The van der Waals surface area contributed by atoms with Gasteiger partial charge >= 0.3 is 0 Å². The Morgan fingerprint density at radius 1 is 1.06 bits per heavy atom. The Morgan fingerprint density at radius 3 is 2.45 bits per heavy atom. The first-order valence-electron chi connectivity index (χ1n) is 10.8. The number of aromatic nitrogens is 1. The normalized spacial score (nSPS) is 23.5. The Morgan fingerprint density at radius 2 is 1.76 bits per heavy atom. The molecule has 7 nitrogen and oxygen atoms in total. The molecule has 0 N–H and O–H groups in total. The van der Waals surface area contributed by atoms with Crippen molar-refractivity contribution < 1.29 is 18.7 Å². The average Bonchev–Trinajstić information content (AvgIpc) is 3.34. The van der Waals surface area contributed by atoms with Crippen molar-refractivity contribution in [3.05, 3.63) is 48.5 Å². The minimum absolute atomic E-state index is 0.0736. The SMILES string of the molecule is C[C@@H]1CN(C(=S)S[C@H]2CC(=O)N(c3ccc(-c4nc5ccccc5o4)cc3)C2=O)C[C@@H](C)O1. The van der Waals surface area contributed by atoms with Crippen LogP contribution in [-0.2, 0) is 14.3 Å². The number of rotatable bonds is 3. The van der Waals surface area contributed by atoms with Gasteiger partial charge in [-0.2, -0.15) is 0 Å². The highest BCUT2D eigenvalue weighted by atomic mass is 32.2. The highest BCUT2D eigenvalue weighted by molar-refractivity contribution is 8.23. The number of hydrogen-bond acceptors (Lipinski definition) is 7. The maximum absolute atomic E-state index is 13.1. The molecule has 0 saturated carbocycles. The third-order valence-electron chi connectivity index (χ3n) is 5.69. The van der Waals surface area contributed by atoms with Crippen LogP contribution in [-0.4, -0.2) is 56.6 Å². The van der Waals surface area contributed by atoms with E-state index in [1.54, 1.807) is 12.1 Å². The highest BCUT2D eigenvalue weighted by Gasteiger charge is 2.41. The molecule has 0 aliphatic carbocycles. The van der Waals surface area contributed by atoms with Crippen molar-refractivity contribution in [3.8, 4) is 11.5 Å². The number of imide groups is 1. The van der Waals surface area contributed by atoms with E-state index in [0.717, 1.165) is 11.1 Å². The summed E-state index contributed by atoms with van der Waals surface area (Å²) in [5.74, 6) is 0.0320. The van der Waals surface area contributed by atoms with Crippen molar-refractivity contribution in [2.75, 3.05) is 18.0 Å². The van der Waals surface area contributed by atoms with Crippen LogP contribution in [0.1, 0.15) is 20.3 Å². The number of amides is 2. The summed E-state index contributed by atoms with van der Waals surface area (Å²) in [6, 6.07) is 14.7. The summed E-state index contributed by atoms with van der Waals surface area (Å²) in [5.41, 5.74) is 2.80. The molecule has 3 heterocycles. The Bertz CT molecular complexity index is 1180. The number of thioether (sulfide) groups is 1. The fraction of sp³-hybridized carbons (Fsp3) is 0.333. The number of carbonyl (C=O) groups is 2. The number of fused-ring (bicyclic) bond motifs is 1. The van der Waals surface area contributed by atoms with Gasteiger partial charge in [0.05, 0.1) is 17.9 Å². The summed E-state index contributed by atoms with van der Waals surface area (Å²) in [6.07, 6.45) is 0.278. The highest BCUT2D eigenvalue weighted by Crippen LogP contribution is 2.33. The summed E-state index contributed by atoms with van der Waals surface area (Å²) in [4.78, 5) is 33.6. The number of ether oxygens (including phenoxy) is 1. The van der Waals surface area contributed by atoms with Gasteiger partial charge in [0.2, 0.25) is 17.7 Å². The molecule has 2 aromatic carbocycles. The van der Waals surface area contributed by atoms with Crippen LogP contribution in [0.25, 0.3) is 22.6 Å². The summed E-state index contributed by atoms with van der Waals surface area (Å²) in [5, 5.41) is -0.518. The molecule has 33 heavy (non-hydrogen) atoms. The summed E-state index contributed by atoms with van der Waals surface area (Å²) in [7, 11) is 0. The van der Waals surface area contributed by atoms with Gasteiger partial charge < -0.3 is 14.1 Å². The van der Waals surface area contributed by atoms with E-state index in [-0.39, 0.29) is 30.4 Å². The van der Waals surface area contributed by atoms with Crippen LogP contribution in [0, 0.1) is 0 Å². The lowest BCUT2D eigenvalue weighted by molar-refractivity contribution is -0.121. The molecule has 170 valence electrons. The van der Waals surface area contributed by atoms with Crippen molar-refractivity contribution in [2.45, 2.75) is 37.7 Å². The Kier molecular flexibility index (Phi) is 5.94. The summed E-state index contributed by atoms with van der Waals surface area (Å²) < 4.78 is 12.2. The maximum Gasteiger partial charge on any atom is 0.247 e. The van der Waals surface area contributed by atoms with Gasteiger partial charge in [-0.3, -0.25) is 9.59 Å². The van der Waals surface area contributed by atoms with Gasteiger partial charge in [-0.15, -0.1) is 0 Å². The minimum Gasteiger partial charge on any atom is -0.436 e. The van der Waals surface area contributed by atoms with Crippen molar-refractivity contribution in [3.63, 3.8) is 0 Å². The predicted molar refractivity (Wildman–Crippen MR) is 132 cm³/mol. The molecule has 2 aliphatic heterocycles. The molecule has 2 saturated heterocycles. The predicted octanol–water partition coefficient (Wildman–Crippen LogP) is 4.25. The van der Waals surface area contributed by atoms with Gasteiger partial charge in [-0.05, 0) is 50.2 Å². The van der Waals surface area contributed by atoms with Crippen LogP contribution >= 0.6 is 24.0 Å². The topological polar surface area (TPSA) is 75.9 Å². The standard InChI is InChI=1S/C24H23N3O4S2/c1-14-12-26(13-15(2)30-14)24(32)33-20-11-21(28)27(23(20)29)17-9-7-16(8-10-17)22-25-18-5-3-4-6-19(18)31-22/h3-10,14-15,20H,11-13H2,1-2H3/t14-,15-,20+/m1/s1. The average molecular weight is 482 g/mol. The second-order valence-corrected chi connectivity index (χ2v) is 10.2. The van der Waals surface area contributed by atoms with Gasteiger partial charge in [0.15, 0.2) is 5.58 Å². The van der Waals surface area contributed by atoms with Crippen LogP contribution in [0.15, 0.2) is 52.9 Å². The second kappa shape index (κ2) is 8.89. The van der Waals surface area contributed by atoms with Crippen LogP contribution in [0.4, 0.5) is 5.69 Å². The van der Waals surface area contributed by atoms with E-state index in [0.29, 0.717) is 34.6 Å². The number of morpholine rings is 1. The third-order valence-corrected chi connectivity index (χ3v) is 7.35. The first-order valence-corrected chi connectivity index (χ1v) is 12.1. The summed E-state index contributed by atoms with van der Waals surface area (Å²) >= 11 is 6.89. The fourth-order valence-electron chi connectivity index (χ4n) is 4.24. The van der Waals surface area contributed by atoms with E-state index in [9.17, 15) is 9.59 Å². The molecule has 2 amide bonds.